The van der Waals surface area contributed by atoms with Crippen molar-refractivity contribution in [1.29, 1.82) is 0 Å². The topological polar surface area (TPSA) is 9.23 Å². The number of rotatable bonds is 4. The molecule has 0 spiro atoms. The highest BCUT2D eigenvalue weighted by Gasteiger charge is 1.94. The van der Waals surface area contributed by atoms with E-state index in [1.165, 1.54) is 0 Å². The molecule has 0 aliphatic carbocycles. The quantitative estimate of drug-likeness (QED) is 0.661. The van der Waals surface area contributed by atoms with Crippen molar-refractivity contribution in [2.24, 2.45) is 0 Å². The number of hydrogen-bond acceptors (Lipinski definition) is 2. The van der Waals surface area contributed by atoms with Crippen LogP contribution in [-0.2, 0) is 0 Å². The van der Waals surface area contributed by atoms with E-state index in [1.807, 2.05) is 30.3 Å². The molecule has 0 heterocycles. The molecule has 1 rings (SSSR count). The van der Waals surface area contributed by atoms with Gasteiger partial charge in [0.15, 0.2) is 0 Å². The summed E-state index contributed by atoms with van der Waals surface area (Å²) >= 11 is 1.80. The minimum absolute atomic E-state index is 0.633. The summed E-state index contributed by atoms with van der Waals surface area (Å²) in [7, 11) is 0. The summed E-state index contributed by atoms with van der Waals surface area (Å²) in [5, 5.41) is 0.633. The lowest BCUT2D eigenvalue weighted by molar-refractivity contribution is 0.392. The maximum Gasteiger partial charge on any atom is 0.134 e. The van der Waals surface area contributed by atoms with Crippen LogP contribution in [0.25, 0.3) is 0 Å². The smallest absolute Gasteiger partial charge is 0.134 e. The van der Waals surface area contributed by atoms with Gasteiger partial charge in [0.25, 0.3) is 0 Å². The van der Waals surface area contributed by atoms with Gasteiger partial charge in [0.05, 0.1) is 0 Å². The monoisotopic (exact) mass is 182 g/mol. The van der Waals surface area contributed by atoms with Gasteiger partial charge in [0.1, 0.15) is 11.7 Å². The first-order valence-electron chi connectivity index (χ1n) is 4.08. The number of para-hydroxylation sites is 1. The summed E-state index contributed by atoms with van der Waals surface area (Å²) in [5.41, 5.74) is 0. The molecule has 0 aromatic heterocycles. The van der Waals surface area contributed by atoms with Gasteiger partial charge in [-0.3, -0.25) is 0 Å². The van der Waals surface area contributed by atoms with Gasteiger partial charge in [0, 0.05) is 5.25 Å². The lowest BCUT2D eigenvalue weighted by Crippen LogP contribution is -1.96. The number of thioether (sulfide) groups is 1. The second-order valence-corrected chi connectivity index (χ2v) is 4.30. The Bertz CT molecular complexity index is 208. The predicted molar refractivity (Wildman–Crippen MR) is 54.7 cm³/mol. The molecule has 12 heavy (non-hydrogen) atoms. The third-order valence-corrected chi connectivity index (χ3v) is 2.29. The van der Waals surface area contributed by atoms with Crippen molar-refractivity contribution in [2.45, 2.75) is 19.1 Å². The van der Waals surface area contributed by atoms with E-state index in [1.54, 1.807) is 11.8 Å². The molecule has 2 heteroatoms. The summed E-state index contributed by atoms with van der Waals surface area (Å²) in [5.74, 6) is 1.69. The molecule has 0 amide bonds. The molecule has 1 nitrogen and oxygen atoms in total. The second kappa shape index (κ2) is 5.09. The Hall–Kier alpha value is -0.630. The van der Waals surface area contributed by atoms with Crippen LogP contribution in [0.4, 0.5) is 0 Å². The third kappa shape index (κ3) is 3.67. The van der Waals surface area contributed by atoms with Crippen LogP contribution >= 0.6 is 11.8 Å². The molecule has 0 aliphatic rings. The van der Waals surface area contributed by atoms with Gasteiger partial charge in [-0.15, -0.1) is 11.8 Å². The molecule has 1 aromatic carbocycles. The molecule has 0 aliphatic heterocycles. The molecular weight excluding hydrogens is 168 g/mol. The van der Waals surface area contributed by atoms with Crippen molar-refractivity contribution >= 4 is 11.8 Å². The van der Waals surface area contributed by atoms with Crippen LogP contribution in [0.2, 0.25) is 0 Å². The maximum atomic E-state index is 5.48. The molecule has 0 atom stereocenters. The maximum absolute atomic E-state index is 5.48. The van der Waals surface area contributed by atoms with Crippen molar-refractivity contribution < 1.29 is 4.74 Å². The first-order valence-corrected chi connectivity index (χ1v) is 5.13. The van der Waals surface area contributed by atoms with E-state index in [2.05, 4.69) is 13.8 Å². The molecule has 1 aromatic rings. The fraction of sp³-hybridized carbons (Fsp3) is 0.400. The minimum Gasteiger partial charge on any atom is -0.483 e. The van der Waals surface area contributed by atoms with E-state index in [0.717, 1.165) is 11.7 Å². The van der Waals surface area contributed by atoms with Gasteiger partial charge in [-0.05, 0) is 12.1 Å². The lowest BCUT2D eigenvalue weighted by Gasteiger charge is -2.06. The lowest BCUT2D eigenvalue weighted by atomic mass is 10.3. The summed E-state index contributed by atoms with van der Waals surface area (Å²) in [6, 6.07) is 9.90. The summed E-state index contributed by atoms with van der Waals surface area (Å²) in [4.78, 5) is 0. The minimum atomic E-state index is 0.633. The zero-order valence-corrected chi connectivity index (χ0v) is 8.30. The molecule has 0 saturated heterocycles. The van der Waals surface area contributed by atoms with Gasteiger partial charge >= 0.3 is 0 Å². The molecule has 0 radical (unpaired) electrons. The first kappa shape index (κ1) is 9.46. The van der Waals surface area contributed by atoms with Crippen LogP contribution in [0, 0.1) is 0 Å². The highest BCUT2D eigenvalue weighted by molar-refractivity contribution is 7.99. The van der Waals surface area contributed by atoms with Crippen molar-refractivity contribution in [3.05, 3.63) is 30.3 Å². The summed E-state index contributed by atoms with van der Waals surface area (Å²) in [6.45, 7) is 4.33. The molecule has 0 unspecified atom stereocenters. The van der Waals surface area contributed by atoms with Gasteiger partial charge in [-0.2, -0.15) is 0 Å². The Morgan fingerprint density at radius 3 is 2.50 bits per heavy atom. The SMILES string of the molecule is CC(C)SCOc1ccccc1. The van der Waals surface area contributed by atoms with Crippen molar-refractivity contribution in [2.75, 3.05) is 5.94 Å². The van der Waals surface area contributed by atoms with E-state index in [4.69, 9.17) is 4.74 Å². The molecular formula is C10H14OS. The van der Waals surface area contributed by atoms with E-state index in [9.17, 15) is 0 Å². The van der Waals surface area contributed by atoms with E-state index in [-0.39, 0.29) is 0 Å². The summed E-state index contributed by atoms with van der Waals surface area (Å²) < 4.78 is 5.48. The van der Waals surface area contributed by atoms with E-state index >= 15 is 0 Å². The molecule has 0 bridgehead atoms. The van der Waals surface area contributed by atoms with Crippen LogP contribution in [-0.4, -0.2) is 11.2 Å². The zero-order chi connectivity index (χ0) is 8.81. The molecule has 0 N–H and O–H groups in total. The van der Waals surface area contributed by atoms with Gasteiger partial charge in [-0.25, -0.2) is 0 Å². The van der Waals surface area contributed by atoms with Crippen LogP contribution in [0.1, 0.15) is 13.8 Å². The Balaban J connectivity index is 2.25. The first-order chi connectivity index (χ1) is 5.79. The highest BCUT2D eigenvalue weighted by Crippen LogP contribution is 2.14. The Morgan fingerprint density at radius 1 is 1.25 bits per heavy atom. The Morgan fingerprint density at radius 2 is 1.92 bits per heavy atom. The Labute approximate surface area is 78.1 Å². The largest absolute Gasteiger partial charge is 0.483 e. The molecule has 0 saturated carbocycles. The number of hydrogen-bond donors (Lipinski definition) is 0. The van der Waals surface area contributed by atoms with Crippen LogP contribution in [0.3, 0.4) is 0 Å². The predicted octanol–water partition coefficient (Wildman–Crippen LogP) is 3.16. The highest BCUT2D eigenvalue weighted by atomic mass is 32.2. The zero-order valence-electron chi connectivity index (χ0n) is 7.49. The molecule has 0 fully saturated rings. The van der Waals surface area contributed by atoms with Crippen molar-refractivity contribution in [3.8, 4) is 5.75 Å². The van der Waals surface area contributed by atoms with Crippen LogP contribution in [0.15, 0.2) is 30.3 Å². The average molecular weight is 182 g/mol. The molecule has 66 valence electrons. The van der Waals surface area contributed by atoms with Gasteiger partial charge in [0.2, 0.25) is 0 Å². The number of benzene rings is 1. The van der Waals surface area contributed by atoms with Gasteiger partial charge in [-0.1, -0.05) is 32.0 Å². The van der Waals surface area contributed by atoms with Crippen LogP contribution in [0.5, 0.6) is 5.75 Å². The normalized spacial score (nSPS) is 10.2. The standard InChI is InChI=1S/C10H14OS/c1-9(2)12-8-11-10-6-4-3-5-7-10/h3-7,9H,8H2,1-2H3. The summed E-state index contributed by atoms with van der Waals surface area (Å²) in [6.07, 6.45) is 0. The Kier molecular flexibility index (Phi) is 4.01. The fourth-order valence-electron chi connectivity index (χ4n) is 0.755. The average Bonchev–Trinajstić information content (AvgIpc) is 2.05. The van der Waals surface area contributed by atoms with E-state index in [0.29, 0.717) is 5.25 Å². The fourth-order valence-corrected chi connectivity index (χ4v) is 1.23. The van der Waals surface area contributed by atoms with Crippen LogP contribution < -0.4 is 4.74 Å². The third-order valence-electron chi connectivity index (χ3n) is 1.37. The second-order valence-electron chi connectivity index (χ2n) is 2.79. The van der Waals surface area contributed by atoms with Crippen molar-refractivity contribution in [1.82, 2.24) is 0 Å². The van der Waals surface area contributed by atoms with Crippen molar-refractivity contribution in [3.63, 3.8) is 0 Å². The van der Waals surface area contributed by atoms with E-state index < -0.39 is 0 Å². The van der Waals surface area contributed by atoms with Gasteiger partial charge < -0.3 is 4.74 Å². The number of ether oxygens (including phenoxy) is 1.